The number of benzene rings is 1. The van der Waals surface area contributed by atoms with Crippen LogP contribution in [0.1, 0.15) is 17.4 Å². The van der Waals surface area contributed by atoms with E-state index in [0.717, 1.165) is 11.4 Å². The fraction of sp³-hybridized carbons (Fsp3) is 0.231. The number of hydrogen-bond donors (Lipinski definition) is 3. The molecule has 1 heterocycles. The first-order chi connectivity index (χ1) is 8.77. The molecule has 18 heavy (non-hydrogen) atoms. The van der Waals surface area contributed by atoms with Gasteiger partial charge >= 0.3 is 0 Å². The summed E-state index contributed by atoms with van der Waals surface area (Å²) in [6.45, 7) is 0.521. The van der Waals surface area contributed by atoms with Crippen molar-refractivity contribution in [1.82, 2.24) is 15.3 Å². The molecule has 0 spiro atoms. The SMILES string of the molecule is N[C@H](C(=O)NCCc1ncc[nH]1)c1ccccc1. The molecule has 0 aliphatic heterocycles. The molecule has 5 heteroatoms. The Morgan fingerprint density at radius 2 is 2.17 bits per heavy atom. The Bertz CT molecular complexity index is 481. The van der Waals surface area contributed by atoms with E-state index < -0.39 is 6.04 Å². The van der Waals surface area contributed by atoms with E-state index in [0.29, 0.717) is 13.0 Å². The number of amides is 1. The highest BCUT2D eigenvalue weighted by Crippen LogP contribution is 2.08. The third-order valence-electron chi connectivity index (χ3n) is 2.66. The van der Waals surface area contributed by atoms with E-state index in [1.807, 2.05) is 30.3 Å². The Hall–Kier alpha value is -2.14. The molecule has 5 nitrogen and oxygen atoms in total. The van der Waals surface area contributed by atoms with Crippen molar-refractivity contribution in [2.24, 2.45) is 5.73 Å². The minimum atomic E-state index is -0.622. The molecule has 0 saturated heterocycles. The molecule has 0 fully saturated rings. The number of aromatic amines is 1. The van der Waals surface area contributed by atoms with Gasteiger partial charge < -0.3 is 16.0 Å². The van der Waals surface area contributed by atoms with Gasteiger partial charge in [-0.25, -0.2) is 4.98 Å². The lowest BCUT2D eigenvalue weighted by Crippen LogP contribution is -2.35. The van der Waals surface area contributed by atoms with Gasteiger partial charge in [-0.05, 0) is 5.56 Å². The summed E-state index contributed by atoms with van der Waals surface area (Å²) in [5, 5.41) is 2.80. The Morgan fingerprint density at radius 1 is 1.39 bits per heavy atom. The van der Waals surface area contributed by atoms with E-state index in [-0.39, 0.29) is 5.91 Å². The zero-order chi connectivity index (χ0) is 12.8. The lowest BCUT2D eigenvalue weighted by Gasteiger charge is -2.11. The standard InChI is InChI=1S/C13H16N4O/c14-12(10-4-2-1-3-5-10)13(18)17-7-6-11-15-8-9-16-11/h1-5,8-9,12H,6-7,14H2,(H,15,16)(H,17,18)/t12-/m0/s1. The maximum Gasteiger partial charge on any atom is 0.241 e. The molecule has 4 N–H and O–H groups in total. The third-order valence-corrected chi connectivity index (χ3v) is 2.66. The smallest absolute Gasteiger partial charge is 0.241 e. The summed E-state index contributed by atoms with van der Waals surface area (Å²) < 4.78 is 0. The van der Waals surface area contributed by atoms with Crippen LogP contribution in [-0.4, -0.2) is 22.4 Å². The average molecular weight is 244 g/mol. The maximum atomic E-state index is 11.8. The van der Waals surface area contributed by atoms with Gasteiger partial charge in [0.05, 0.1) is 0 Å². The summed E-state index contributed by atoms with van der Waals surface area (Å²) in [6, 6.07) is 8.69. The Kier molecular flexibility index (Phi) is 4.09. The lowest BCUT2D eigenvalue weighted by molar-refractivity contribution is -0.122. The molecule has 0 aliphatic rings. The van der Waals surface area contributed by atoms with E-state index in [2.05, 4.69) is 15.3 Å². The summed E-state index contributed by atoms with van der Waals surface area (Å²) in [4.78, 5) is 18.9. The molecule has 94 valence electrons. The molecule has 0 radical (unpaired) electrons. The zero-order valence-corrected chi connectivity index (χ0v) is 9.97. The zero-order valence-electron chi connectivity index (χ0n) is 9.97. The Labute approximate surface area is 105 Å². The van der Waals surface area contributed by atoms with Crippen LogP contribution in [0.15, 0.2) is 42.7 Å². The number of hydrogen-bond acceptors (Lipinski definition) is 3. The van der Waals surface area contributed by atoms with E-state index in [9.17, 15) is 4.79 Å². The van der Waals surface area contributed by atoms with Gasteiger partial charge in [0.2, 0.25) is 5.91 Å². The minimum Gasteiger partial charge on any atom is -0.354 e. The highest BCUT2D eigenvalue weighted by Gasteiger charge is 2.14. The van der Waals surface area contributed by atoms with E-state index in [4.69, 9.17) is 5.73 Å². The molecule has 0 saturated carbocycles. The summed E-state index contributed by atoms with van der Waals surface area (Å²) >= 11 is 0. The molecule has 0 aliphatic carbocycles. The van der Waals surface area contributed by atoms with Crippen LogP contribution in [0, 0.1) is 0 Å². The van der Waals surface area contributed by atoms with Crippen molar-refractivity contribution in [1.29, 1.82) is 0 Å². The number of nitrogens with zero attached hydrogens (tertiary/aromatic N) is 1. The largest absolute Gasteiger partial charge is 0.354 e. The van der Waals surface area contributed by atoms with Crippen LogP contribution in [0.25, 0.3) is 0 Å². The summed E-state index contributed by atoms with van der Waals surface area (Å²) in [5.41, 5.74) is 6.68. The second-order valence-corrected chi connectivity index (χ2v) is 3.97. The van der Waals surface area contributed by atoms with Crippen molar-refractivity contribution in [3.8, 4) is 0 Å². The van der Waals surface area contributed by atoms with Crippen molar-refractivity contribution >= 4 is 5.91 Å². The van der Waals surface area contributed by atoms with Crippen LogP contribution >= 0.6 is 0 Å². The molecule has 1 atom stereocenters. The van der Waals surface area contributed by atoms with Crippen LogP contribution in [0.5, 0.6) is 0 Å². The quantitative estimate of drug-likeness (QED) is 0.726. The first-order valence-corrected chi connectivity index (χ1v) is 5.84. The van der Waals surface area contributed by atoms with Gasteiger partial charge in [-0.3, -0.25) is 4.79 Å². The molecule has 1 amide bonds. The second-order valence-electron chi connectivity index (χ2n) is 3.97. The summed E-state index contributed by atoms with van der Waals surface area (Å²) in [7, 11) is 0. The highest BCUT2D eigenvalue weighted by atomic mass is 16.2. The van der Waals surface area contributed by atoms with E-state index in [1.165, 1.54) is 0 Å². The van der Waals surface area contributed by atoms with Crippen LogP contribution < -0.4 is 11.1 Å². The van der Waals surface area contributed by atoms with Gasteiger partial charge in [0.1, 0.15) is 11.9 Å². The van der Waals surface area contributed by atoms with Crippen molar-refractivity contribution in [2.75, 3.05) is 6.54 Å². The molecule has 1 aromatic carbocycles. The third kappa shape index (κ3) is 3.18. The number of rotatable bonds is 5. The summed E-state index contributed by atoms with van der Waals surface area (Å²) in [6.07, 6.45) is 4.11. The Morgan fingerprint density at radius 3 is 2.83 bits per heavy atom. The first kappa shape index (κ1) is 12.3. The number of aromatic nitrogens is 2. The number of H-pyrrole nitrogens is 1. The topological polar surface area (TPSA) is 83.8 Å². The van der Waals surface area contributed by atoms with Crippen molar-refractivity contribution in [3.05, 3.63) is 54.1 Å². The van der Waals surface area contributed by atoms with Crippen LogP contribution in [0.3, 0.4) is 0 Å². The van der Waals surface area contributed by atoms with Crippen molar-refractivity contribution < 1.29 is 4.79 Å². The van der Waals surface area contributed by atoms with Crippen molar-refractivity contribution in [3.63, 3.8) is 0 Å². The predicted octanol–water partition coefficient (Wildman–Crippen LogP) is 0.768. The lowest BCUT2D eigenvalue weighted by atomic mass is 10.1. The minimum absolute atomic E-state index is 0.173. The van der Waals surface area contributed by atoms with Gasteiger partial charge in [-0.1, -0.05) is 30.3 Å². The number of imidazole rings is 1. The van der Waals surface area contributed by atoms with E-state index in [1.54, 1.807) is 12.4 Å². The molecule has 0 bridgehead atoms. The normalized spacial score (nSPS) is 12.1. The van der Waals surface area contributed by atoms with Gasteiger partial charge in [0.15, 0.2) is 0 Å². The van der Waals surface area contributed by atoms with Crippen LogP contribution in [0.2, 0.25) is 0 Å². The monoisotopic (exact) mass is 244 g/mol. The fourth-order valence-electron chi connectivity index (χ4n) is 1.66. The second kappa shape index (κ2) is 5.97. The average Bonchev–Trinajstić information content (AvgIpc) is 2.92. The predicted molar refractivity (Wildman–Crippen MR) is 68.7 cm³/mol. The van der Waals surface area contributed by atoms with Gasteiger partial charge in [-0.15, -0.1) is 0 Å². The van der Waals surface area contributed by atoms with E-state index >= 15 is 0 Å². The number of nitrogens with two attached hydrogens (primary N) is 1. The Balaban J connectivity index is 1.81. The van der Waals surface area contributed by atoms with Gasteiger partial charge in [0.25, 0.3) is 0 Å². The molecular formula is C13H16N4O. The molecule has 1 aromatic heterocycles. The van der Waals surface area contributed by atoms with Gasteiger partial charge in [-0.2, -0.15) is 0 Å². The number of carbonyl (C=O) groups excluding carboxylic acids is 1. The van der Waals surface area contributed by atoms with Crippen LogP contribution in [-0.2, 0) is 11.2 Å². The fourth-order valence-corrected chi connectivity index (χ4v) is 1.66. The van der Waals surface area contributed by atoms with Gasteiger partial charge in [0, 0.05) is 25.4 Å². The maximum absolute atomic E-state index is 11.8. The molecule has 2 aromatic rings. The molecule has 0 unspecified atom stereocenters. The molecular weight excluding hydrogens is 228 g/mol. The molecule has 2 rings (SSSR count). The first-order valence-electron chi connectivity index (χ1n) is 5.84. The highest BCUT2D eigenvalue weighted by molar-refractivity contribution is 5.82. The van der Waals surface area contributed by atoms with Crippen LogP contribution in [0.4, 0.5) is 0 Å². The van der Waals surface area contributed by atoms with Crippen molar-refractivity contribution in [2.45, 2.75) is 12.5 Å². The summed E-state index contributed by atoms with van der Waals surface area (Å²) in [5.74, 6) is 0.677. The number of nitrogens with one attached hydrogen (secondary N) is 2. The number of carbonyl (C=O) groups is 1.